The van der Waals surface area contributed by atoms with Crippen molar-refractivity contribution in [2.24, 2.45) is 0 Å². The van der Waals surface area contributed by atoms with Crippen molar-refractivity contribution < 1.29 is 0 Å². The Hall–Kier alpha value is -7.86. The van der Waals surface area contributed by atoms with E-state index in [4.69, 9.17) is 0 Å². The van der Waals surface area contributed by atoms with Crippen LogP contribution in [0.25, 0.3) is 93.6 Å². The normalized spacial score (nSPS) is 11.6. The molecule has 0 aliphatic rings. The second-order valence-electron chi connectivity index (χ2n) is 13.9. The quantitative estimate of drug-likeness (QED) is 0.184. The van der Waals surface area contributed by atoms with Crippen molar-refractivity contribution in [2.75, 3.05) is 0 Å². The van der Waals surface area contributed by atoms with E-state index >= 15 is 0 Å². The zero-order chi connectivity index (χ0) is 36.6. The molecule has 0 aliphatic carbocycles. The molecule has 11 rings (SSSR count). The molecule has 0 atom stereocenters. The number of hydrogen-bond donors (Lipinski definition) is 0. The lowest BCUT2D eigenvalue weighted by atomic mass is 10.00. The summed E-state index contributed by atoms with van der Waals surface area (Å²) >= 11 is 0. The fourth-order valence-electron chi connectivity index (χ4n) is 8.82. The second-order valence-corrected chi connectivity index (χ2v) is 13.9. The number of nitrogens with zero attached hydrogens (tertiary/aromatic N) is 5. The van der Waals surface area contributed by atoms with Crippen LogP contribution in [0.2, 0.25) is 0 Å². The number of para-hydroxylation sites is 5. The summed E-state index contributed by atoms with van der Waals surface area (Å²) in [6.45, 7) is 0. The zero-order valence-corrected chi connectivity index (χ0v) is 29.5. The molecule has 0 spiro atoms. The van der Waals surface area contributed by atoms with Gasteiger partial charge in [0.05, 0.1) is 61.7 Å². The molecule has 254 valence electrons. The maximum atomic E-state index is 10.7. The van der Waals surface area contributed by atoms with Gasteiger partial charge >= 0.3 is 0 Å². The summed E-state index contributed by atoms with van der Waals surface area (Å²) in [7, 11) is 0. The predicted octanol–water partition coefficient (Wildman–Crippen LogP) is 12.4. The first-order valence-electron chi connectivity index (χ1n) is 18.3. The Morgan fingerprint density at radius 2 is 0.873 bits per heavy atom. The Balaban J connectivity index is 1.18. The van der Waals surface area contributed by atoms with Crippen molar-refractivity contribution in [3.63, 3.8) is 0 Å². The summed E-state index contributed by atoms with van der Waals surface area (Å²) in [5.74, 6) is 0. The van der Waals surface area contributed by atoms with Gasteiger partial charge in [0.1, 0.15) is 6.07 Å². The molecule has 3 heterocycles. The molecule has 0 amide bonds. The predicted molar refractivity (Wildman–Crippen MR) is 224 cm³/mol. The first-order valence-corrected chi connectivity index (χ1v) is 18.3. The monoisotopic (exact) mass is 699 g/mol. The Bertz CT molecular complexity index is 3420. The minimum Gasteiger partial charge on any atom is -0.309 e. The summed E-state index contributed by atoms with van der Waals surface area (Å²) in [5.41, 5.74) is 12.5. The minimum absolute atomic E-state index is 0.585. The summed E-state index contributed by atoms with van der Waals surface area (Å²) in [6, 6.07) is 65.9. The van der Waals surface area contributed by atoms with E-state index < -0.39 is 0 Å². The molecule has 0 fully saturated rings. The standard InChI is InChI=1S/C50H29N5/c51-30-33-25-24-32(36-13-1-6-18-42(36)54-46-22-10-5-17-41(46)50-34(31-52)12-11-23-47(50)54)28-48(33)55-45-21-9-4-16-39(45)40-27-26-35(29-49(40)55)53-43-19-7-2-14-37(43)38-15-3-8-20-44(38)53/h1-29H. The third kappa shape index (κ3) is 4.39. The highest BCUT2D eigenvalue weighted by molar-refractivity contribution is 6.13. The number of hydrogen-bond acceptors (Lipinski definition) is 2. The summed E-state index contributed by atoms with van der Waals surface area (Å²) in [4.78, 5) is 0. The molecule has 11 aromatic rings. The Morgan fingerprint density at radius 1 is 0.345 bits per heavy atom. The zero-order valence-electron chi connectivity index (χ0n) is 29.5. The molecule has 0 radical (unpaired) electrons. The van der Waals surface area contributed by atoms with E-state index in [0.29, 0.717) is 11.1 Å². The van der Waals surface area contributed by atoms with Gasteiger partial charge in [-0.1, -0.05) is 109 Å². The second kappa shape index (κ2) is 11.8. The van der Waals surface area contributed by atoms with E-state index in [1.165, 1.54) is 10.8 Å². The van der Waals surface area contributed by atoms with Crippen LogP contribution < -0.4 is 0 Å². The molecule has 0 aliphatic heterocycles. The van der Waals surface area contributed by atoms with Gasteiger partial charge in [0.15, 0.2) is 0 Å². The summed E-state index contributed by atoms with van der Waals surface area (Å²) in [6.07, 6.45) is 0. The molecule has 0 N–H and O–H groups in total. The van der Waals surface area contributed by atoms with E-state index in [-0.39, 0.29) is 0 Å². The molecule has 0 saturated heterocycles. The topological polar surface area (TPSA) is 62.4 Å². The van der Waals surface area contributed by atoms with Crippen LogP contribution in [0.4, 0.5) is 0 Å². The van der Waals surface area contributed by atoms with Crippen LogP contribution in [-0.2, 0) is 0 Å². The number of nitriles is 2. The molecule has 0 saturated carbocycles. The van der Waals surface area contributed by atoms with Gasteiger partial charge in [0.25, 0.3) is 0 Å². The highest BCUT2D eigenvalue weighted by atomic mass is 15.0. The molecular formula is C50H29N5. The highest BCUT2D eigenvalue weighted by Crippen LogP contribution is 2.41. The van der Waals surface area contributed by atoms with Gasteiger partial charge in [0.2, 0.25) is 0 Å². The highest BCUT2D eigenvalue weighted by Gasteiger charge is 2.21. The van der Waals surface area contributed by atoms with Gasteiger partial charge in [0, 0.05) is 43.6 Å². The third-order valence-corrected chi connectivity index (χ3v) is 11.1. The van der Waals surface area contributed by atoms with E-state index in [9.17, 15) is 10.5 Å². The van der Waals surface area contributed by atoms with Gasteiger partial charge in [-0.15, -0.1) is 0 Å². The van der Waals surface area contributed by atoms with Crippen LogP contribution in [0.1, 0.15) is 11.1 Å². The van der Waals surface area contributed by atoms with E-state index in [1.807, 2.05) is 36.4 Å². The molecule has 0 bridgehead atoms. The Kier molecular flexibility index (Phi) is 6.61. The van der Waals surface area contributed by atoms with Crippen LogP contribution in [0, 0.1) is 22.7 Å². The van der Waals surface area contributed by atoms with Crippen molar-refractivity contribution >= 4 is 65.4 Å². The molecule has 55 heavy (non-hydrogen) atoms. The maximum absolute atomic E-state index is 10.7. The fourth-order valence-corrected chi connectivity index (χ4v) is 8.82. The average molecular weight is 700 g/mol. The lowest BCUT2D eigenvalue weighted by molar-refractivity contribution is 1.15. The van der Waals surface area contributed by atoms with Crippen LogP contribution in [0.5, 0.6) is 0 Å². The minimum atomic E-state index is 0.585. The van der Waals surface area contributed by atoms with Crippen molar-refractivity contribution in [1.82, 2.24) is 13.7 Å². The molecule has 3 aromatic heterocycles. The number of rotatable bonds is 4. The first kappa shape index (κ1) is 30.7. The van der Waals surface area contributed by atoms with Crippen LogP contribution in [0.15, 0.2) is 176 Å². The van der Waals surface area contributed by atoms with Crippen LogP contribution in [-0.4, -0.2) is 13.7 Å². The Labute approximate surface area is 316 Å². The molecule has 5 heteroatoms. The van der Waals surface area contributed by atoms with Gasteiger partial charge in [-0.25, -0.2) is 0 Å². The average Bonchev–Trinajstić information content (AvgIpc) is 3.89. The smallest absolute Gasteiger partial charge is 0.101 e. The van der Waals surface area contributed by atoms with E-state index in [0.717, 1.165) is 82.8 Å². The maximum Gasteiger partial charge on any atom is 0.101 e. The molecule has 5 nitrogen and oxygen atoms in total. The number of aromatic nitrogens is 3. The van der Waals surface area contributed by atoms with Crippen LogP contribution >= 0.6 is 0 Å². The summed E-state index contributed by atoms with van der Waals surface area (Å²) < 4.78 is 6.86. The van der Waals surface area contributed by atoms with Gasteiger partial charge < -0.3 is 13.7 Å². The van der Waals surface area contributed by atoms with Crippen molar-refractivity contribution in [3.05, 3.63) is 187 Å². The van der Waals surface area contributed by atoms with Crippen molar-refractivity contribution in [1.29, 1.82) is 10.5 Å². The largest absolute Gasteiger partial charge is 0.309 e. The first-order chi connectivity index (χ1) is 27.2. The Morgan fingerprint density at radius 3 is 1.55 bits per heavy atom. The van der Waals surface area contributed by atoms with Crippen molar-refractivity contribution in [3.8, 4) is 40.3 Å². The van der Waals surface area contributed by atoms with Gasteiger partial charge in [-0.2, -0.15) is 10.5 Å². The lowest BCUT2D eigenvalue weighted by Crippen LogP contribution is -2.01. The number of benzene rings is 8. The lowest BCUT2D eigenvalue weighted by Gasteiger charge is -2.17. The van der Waals surface area contributed by atoms with Crippen molar-refractivity contribution in [2.45, 2.75) is 0 Å². The third-order valence-electron chi connectivity index (χ3n) is 11.1. The van der Waals surface area contributed by atoms with Gasteiger partial charge in [-0.3, -0.25) is 0 Å². The molecular weight excluding hydrogens is 671 g/mol. The van der Waals surface area contributed by atoms with E-state index in [1.54, 1.807) is 0 Å². The molecule has 8 aromatic carbocycles. The SMILES string of the molecule is N#Cc1ccc(-c2ccccc2-n2c3ccccc3c3c(C#N)cccc32)cc1-n1c2ccccc2c2ccc(-n3c4ccccc4c4ccccc43)cc21. The number of fused-ring (bicyclic) bond motifs is 9. The summed E-state index contributed by atoms with van der Waals surface area (Å²) in [5, 5.41) is 27.4. The van der Waals surface area contributed by atoms with E-state index in [2.05, 4.69) is 165 Å². The molecule has 0 unspecified atom stereocenters. The fraction of sp³-hybridized carbons (Fsp3) is 0. The van der Waals surface area contributed by atoms with Crippen LogP contribution in [0.3, 0.4) is 0 Å². The van der Waals surface area contributed by atoms with Gasteiger partial charge in [-0.05, 0) is 72.3 Å².